The first-order valence-corrected chi connectivity index (χ1v) is 9.54. The first-order valence-electron chi connectivity index (χ1n) is 5.65. The second-order valence-electron chi connectivity index (χ2n) is 3.87. The van der Waals surface area contributed by atoms with Gasteiger partial charge < -0.3 is 5.48 Å². The molecular weight excluding hydrogens is 455 g/mol. The maximum absolute atomic E-state index is 12.0. The smallest absolute Gasteiger partial charge is 0.412 e. The number of carboxylic acid groups (broad SMARTS) is 1. The Balaban J connectivity index is 0.00000361. The number of nitrogens with zero attached hydrogens (tertiary/aromatic N) is 1. The van der Waals surface area contributed by atoms with Gasteiger partial charge in [0, 0.05) is 0 Å². The van der Waals surface area contributed by atoms with Crippen molar-refractivity contribution in [1.82, 2.24) is 4.90 Å². The van der Waals surface area contributed by atoms with E-state index in [0.717, 1.165) is 0 Å². The normalized spacial score (nSPS) is 11.2. The minimum Gasteiger partial charge on any atom is -0.412 e. The Bertz CT molecular complexity index is 450. The van der Waals surface area contributed by atoms with Crippen molar-refractivity contribution in [3.05, 3.63) is 29.8 Å². The molecule has 20 heavy (non-hydrogen) atoms. The Morgan fingerprint density at radius 2 is 1.90 bits per heavy atom. The van der Waals surface area contributed by atoms with Crippen LogP contribution in [0.25, 0.3) is 0 Å². The number of aliphatic hydroxyl groups is 1. The molecule has 1 rings (SSSR count). The van der Waals surface area contributed by atoms with E-state index in [1.165, 1.54) is 19.2 Å². The molecule has 0 bridgehead atoms. The van der Waals surface area contributed by atoms with Gasteiger partial charge >= 0.3 is 127 Å². The van der Waals surface area contributed by atoms with Crippen LogP contribution in [0.4, 0.5) is 4.79 Å². The van der Waals surface area contributed by atoms with Gasteiger partial charge in [-0.15, -0.1) is 0 Å². The summed E-state index contributed by atoms with van der Waals surface area (Å²) in [5, 5.41) is 18.6. The number of rotatable bonds is 5. The minimum absolute atomic E-state index is 0. The second-order valence-corrected chi connectivity index (χ2v) is 6.11. The molecule has 1 aromatic rings. The molecule has 0 heterocycles. The van der Waals surface area contributed by atoms with Gasteiger partial charge in [0.25, 0.3) is 0 Å². The Morgan fingerprint density at radius 3 is 2.30 bits per heavy atom. The van der Waals surface area contributed by atoms with Crippen molar-refractivity contribution in [3.63, 3.8) is 0 Å². The van der Waals surface area contributed by atoms with Crippen LogP contribution in [0.2, 0.25) is 3.93 Å². The summed E-state index contributed by atoms with van der Waals surface area (Å²) in [6, 6.07) is 6.15. The summed E-state index contributed by atoms with van der Waals surface area (Å²) in [5.74, 6) is -0.0589. The SMILES string of the molecule is COc1ccc(C(=O)N(CC(O)[CH2][Hg])C(=O)O)cc1.O. The number of hydrogen-bond donors (Lipinski definition) is 2. The van der Waals surface area contributed by atoms with Gasteiger partial charge in [-0.25, -0.2) is 0 Å². The molecule has 0 fully saturated rings. The molecule has 0 aliphatic heterocycles. The van der Waals surface area contributed by atoms with E-state index in [0.29, 0.717) is 40.7 Å². The van der Waals surface area contributed by atoms with Crippen LogP contribution in [0, 0.1) is 0 Å². The second kappa shape index (κ2) is 8.88. The largest absolute Gasteiger partial charge is 0.412 e. The van der Waals surface area contributed by atoms with Gasteiger partial charge in [0.15, 0.2) is 0 Å². The fraction of sp³-hybridized carbons (Fsp3) is 0.333. The van der Waals surface area contributed by atoms with E-state index in [2.05, 4.69) is 0 Å². The summed E-state index contributed by atoms with van der Waals surface area (Å²) < 4.78 is 5.53. The molecular formula is C12H16HgNO6. The summed E-state index contributed by atoms with van der Waals surface area (Å²) in [6.45, 7) is -0.191. The maximum atomic E-state index is 12.0. The number of aliphatic hydroxyl groups excluding tert-OH is 1. The first-order chi connectivity index (χ1) is 8.99. The Morgan fingerprint density at radius 1 is 1.35 bits per heavy atom. The summed E-state index contributed by atoms with van der Waals surface area (Å²) in [6.07, 6.45) is -2.14. The molecule has 8 heteroatoms. The molecule has 0 aliphatic carbocycles. The predicted molar refractivity (Wildman–Crippen MR) is 66.5 cm³/mol. The van der Waals surface area contributed by atoms with E-state index in [1.54, 1.807) is 12.1 Å². The van der Waals surface area contributed by atoms with Crippen LogP contribution in [0.15, 0.2) is 24.3 Å². The van der Waals surface area contributed by atoms with Crippen molar-refractivity contribution in [2.45, 2.75) is 10.0 Å². The number of hydrogen-bond acceptors (Lipinski definition) is 4. The summed E-state index contributed by atoms with van der Waals surface area (Å²) in [4.78, 5) is 23.8. The average molecular weight is 471 g/mol. The van der Waals surface area contributed by atoms with Crippen LogP contribution in [0.5, 0.6) is 5.75 Å². The number of methoxy groups -OCH3 is 1. The van der Waals surface area contributed by atoms with Crippen LogP contribution in [0.3, 0.4) is 0 Å². The molecule has 7 nitrogen and oxygen atoms in total. The zero-order valence-electron chi connectivity index (χ0n) is 11.1. The van der Waals surface area contributed by atoms with Gasteiger partial charge in [0.05, 0.1) is 0 Å². The summed E-state index contributed by atoms with van der Waals surface area (Å²) >= 11 is 0.354. The van der Waals surface area contributed by atoms with Crippen LogP contribution in [0.1, 0.15) is 10.4 Å². The van der Waals surface area contributed by atoms with Gasteiger partial charge in [-0.3, -0.25) is 0 Å². The third kappa shape index (κ3) is 5.07. The Hall–Kier alpha value is -1.18. The molecule has 1 aromatic carbocycles. The molecule has 0 spiro atoms. The molecule has 107 valence electrons. The fourth-order valence-corrected chi connectivity index (χ4v) is 2.15. The van der Waals surface area contributed by atoms with E-state index in [4.69, 9.17) is 9.84 Å². The zero-order chi connectivity index (χ0) is 14.4. The number of benzene rings is 1. The molecule has 1 atom stereocenters. The topological polar surface area (TPSA) is 119 Å². The van der Waals surface area contributed by atoms with Gasteiger partial charge in [-0.2, -0.15) is 0 Å². The van der Waals surface area contributed by atoms with Crippen molar-refractivity contribution in [2.24, 2.45) is 0 Å². The third-order valence-electron chi connectivity index (χ3n) is 2.54. The van der Waals surface area contributed by atoms with Crippen LogP contribution in [-0.4, -0.2) is 52.3 Å². The van der Waals surface area contributed by atoms with E-state index < -0.39 is 18.1 Å². The average Bonchev–Trinajstić information content (AvgIpc) is 2.43. The maximum Gasteiger partial charge on any atom is -0.412 e. The molecule has 2 amide bonds. The van der Waals surface area contributed by atoms with Gasteiger partial charge in [0.2, 0.25) is 0 Å². The number of ether oxygens (including phenoxy) is 1. The summed E-state index contributed by atoms with van der Waals surface area (Å²) in [5.41, 5.74) is 0.244. The Kier molecular flexibility index (Phi) is 8.36. The number of carbonyl (C=O) groups is 2. The van der Waals surface area contributed by atoms with Crippen LogP contribution in [-0.2, 0) is 26.1 Å². The first kappa shape index (κ1) is 18.8. The predicted octanol–water partition coefficient (Wildman–Crippen LogP) is 0.317. The van der Waals surface area contributed by atoms with E-state index in [1.807, 2.05) is 0 Å². The van der Waals surface area contributed by atoms with Gasteiger partial charge in [0.1, 0.15) is 0 Å². The number of carbonyl (C=O) groups excluding carboxylic acids is 1. The molecule has 0 saturated carbocycles. The molecule has 4 N–H and O–H groups in total. The van der Waals surface area contributed by atoms with Crippen molar-refractivity contribution in [1.29, 1.82) is 0 Å². The van der Waals surface area contributed by atoms with Crippen molar-refractivity contribution < 1.29 is 56.1 Å². The van der Waals surface area contributed by atoms with Crippen molar-refractivity contribution >= 4 is 12.0 Å². The molecule has 0 aliphatic rings. The molecule has 0 saturated heterocycles. The monoisotopic (exact) mass is 472 g/mol. The van der Waals surface area contributed by atoms with Crippen LogP contribution < -0.4 is 4.74 Å². The van der Waals surface area contributed by atoms with E-state index in [-0.39, 0.29) is 17.6 Å². The van der Waals surface area contributed by atoms with Gasteiger partial charge in [-0.1, -0.05) is 0 Å². The quantitative estimate of drug-likeness (QED) is 0.601. The molecule has 0 aromatic heterocycles. The van der Waals surface area contributed by atoms with Crippen molar-refractivity contribution in [3.8, 4) is 5.75 Å². The number of imide groups is 1. The van der Waals surface area contributed by atoms with Crippen LogP contribution >= 0.6 is 0 Å². The third-order valence-corrected chi connectivity index (χ3v) is 5.13. The van der Waals surface area contributed by atoms with E-state index in [9.17, 15) is 14.7 Å². The van der Waals surface area contributed by atoms with Gasteiger partial charge in [-0.05, 0) is 0 Å². The van der Waals surface area contributed by atoms with E-state index >= 15 is 0 Å². The zero-order valence-corrected chi connectivity index (χ0v) is 16.6. The fourth-order valence-electron chi connectivity index (χ4n) is 1.44. The minimum atomic E-state index is -1.36. The number of amides is 2. The molecule has 0 radical (unpaired) electrons. The molecule has 1 unspecified atom stereocenters. The Labute approximate surface area is 132 Å². The van der Waals surface area contributed by atoms with Crippen molar-refractivity contribution in [2.75, 3.05) is 13.7 Å². The standard InChI is InChI=1S/C12H14NO5.Hg.H2O/c1-8(14)7-13(12(16)17)11(15)9-3-5-10(18-2)6-4-9;;/h3-6,8,14H,1,7H2,2H3,(H,16,17);;1H2. The summed E-state index contributed by atoms with van der Waals surface area (Å²) in [7, 11) is 1.50.